The molecule has 0 aliphatic heterocycles. The van der Waals surface area contributed by atoms with Gasteiger partial charge in [0, 0.05) is 5.56 Å². The molecule has 0 saturated heterocycles. The molecular weight excluding hydrogens is 207 g/mol. The Bertz CT molecular complexity index is 391. The van der Waals surface area contributed by atoms with Crippen LogP contribution < -0.4 is 0 Å². The van der Waals surface area contributed by atoms with Gasteiger partial charge in [-0.05, 0) is 24.5 Å². The van der Waals surface area contributed by atoms with E-state index in [1.165, 1.54) is 12.1 Å². The molecule has 88 valence electrons. The summed E-state index contributed by atoms with van der Waals surface area (Å²) in [6.45, 7) is 7.63. The molecule has 0 fully saturated rings. The van der Waals surface area contributed by atoms with Gasteiger partial charge in [-0.3, -0.25) is 0 Å². The second-order valence-electron chi connectivity index (χ2n) is 4.63. The Morgan fingerprint density at radius 3 is 2.50 bits per heavy atom. The van der Waals surface area contributed by atoms with Gasteiger partial charge in [-0.1, -0.05) is 26.8 Å². The third-order valence-corrected chi connectivity index (χ3v) is 2.26. The monoisotopic (exact) mass is 224 g/mol. The fourth-order valence-corrected chi connectivity index (χ4v) is 1.67. The van der Waals surface area contributed by atoms with E-state index in [1.54, 1.807) is 13.0 Å². The van der Waals surface area contributed by atoms with E-state index in [0.29, 0.717) is 17.7 Å². The van der Waals surface area contributed by atoms with Crippen LogP contribution in [0.2, 0.25) is 0 Å². The van der Waals surface area contributed by atoms with Gasteiger partial charge in [-0.2, -0.15) is 0 Å². The summed E-state index contributed by atoms with van der Waals surface area (Å²) >= 11 is 0. The molecule has 0 aliphatic carbocycles. The lowest BCUT2D eigenvalue weighted by Crippen LogP contribution is -2.20. The minimum atomic E-state index is -0.466. The normalized spacial score (nSPS) is 11.3. The summed E-state index contributed by atoms with van der Waals surface area (Å²) in [4.78, 5) is 11.7. The van der Waals surface area contributed by atoms with E-state index >= 15 is 0 Å². The third-order valence-electron chi connectivity index (χ3n) is 2.26. The topological polar surface area (TPSA) is 26.3 Å². The van der Waals surface area contributed by atoms with Crippen molar-refractivity contribution in [1.29, 1.82) is 0 Å². The molecule has 0 aromatic heterocycles. The van der Waals surface area contributed by atoms with Gasteiger partial charge in [0.15, 0.2) is 0 Å². The molecule has 0 N–H and O–H groups in total. The van der Waals surface area contributed by atoms with Gasteiger partial charge < -0.3 is 4.74 Å². The maximum Gasteiger partial charge on any atom is 0.338 e. The fourth-order valence-electron chi connectivity index (χ4n) is 1.67. The van der Waals surface area contributed by atoms with Gasteiger partial charge in [-0.15, -0.1) is 0 Å². The molecule has 0 spiro atoms. The number of esters is 1. The van der Waals surface area contributed by atoms with Crippen LogP contribution in [0.4, 0.5) is 4.39 Å². The van der Waals surface area contributed by atoms with E-state index in [0.717, 1.165) is 0 Å². The molecule has 0 amide bonds. The summed E-state index contributed by atoms with van der Waals surface area (Å²) in [5.41, 5.74) is 0.302. The lowest BCUT2D eigenvalue weighted by Gasteiger charge is -2.22. The van der Waals surface area contributed by atoms with E-state index in [1.807, 2.05) is 20.8 Å². The van der Waals surface area contributed by atoms with Gasteiger partial charge in [0.2, 0.25) is 0 Å². The lowest BCUT2D eigenvalue weighted by atomic mass is 9.83. The van der Waals surface area contributed by atoms with Crippen LogP contribution in [0.25, 0.3) is 0 Å². The number of benzene rings is 1. The highest BCUT2D eigenvalue weighted by Crippen LogP contribution is 2.28. The van der Waals surface area contributed by atoms with Crippen molar-refractivity contribution in [3.05, 3.63) is 35.1 Å². The summed E-state index contributed by atoms with van der Waals surface area (Å²) < 4.78 is 18.7. The SMILES string of the molecule is CCOC(=O)c1cccc(F)c1C(C)(C)C. The zero-order valence-electron chi connectivity index (χ0n) is 10.1. The maximum atomic E-state index is 13.7. The van der Waals surface area contributed by atoms with Crippen LogP contribution in [0.3, 0.4) is 0 Å². The predicted octanol–water partition coefficient (Wildman–Crippen LogP) is 3.30. The number of hydrogen-bond acceptors (Lipinski definition) is 2. The molecule has 0 aliphatic rings. The number of hydrogen-bond donors (Lipinski definition) is 0. The molecule has 1 aromatic rings. The summed E-state index contributed by atoms with van der Waals surface area (Å²) in [5.74, 6) is -0.829. The first-order valence-electron chi connectivity index (χ1n) is 5.34. The smallest absolute Gasteiger partial charge is 0.338 e. The Hall–Kier alpha value is -1.38. The van der Waals surface area contributed by atoms with Crippen LogP contribution in [-0.2, 0) is 10.2 Å². The second kappa shape index (κ2) is 4.64. The molecular formula is C13H17FO2. The van der Waals surface area contributed by atoms with Crippen molar-refractivity contribution in [3.8, 4) is 0 Å². The van der Waals surface area contributed by atoms with Crippen LogP contribution in [-0.4, -0.2) is 12.6 Å². The third kappa shape index (κ3) is 2.60. The maximum absolute atomic E-state index is 13.7. The Labute approximate surface area is 95.4 Å². The number of rotatable bonds is 2. The molecule has 0 unspecified atom stereocenters. The Morgan fingerprint density at radius 2 is 2.00 bits per heavy atom. The van der Waals surface area contributed by atoms with Gasteiger partial charge in [0.1, 0.15) is 5.82 Å². The van der Waals surface area contributed by atoms with Crippen molar-refractivity contribution in [2.24, 2.45) is 0 Å². The van der Waals surface area contributed by atoms with Gasteiger partial charge in [0.05, 0.1) is 12.2 Å². The zero-order valence-corrected chi connectivity index (χ0v) is 10.1. The second-order valence-corrected chi connectivity index (χ2v) is 4.63. The van der Waals surface area contributed by atoms with Crippen LogP contribution in [0.5, 0.6) is 0 Å². The highest BCUT2D eigenvalue weighted by molar-refractivity contribution is 5.91. The van der Waals surface area contributed by atoms with Crippen molar-refractivity contribution in [1.82, 2.24) is 0 Å². The number of halogens is 1. The molecule has 0 bridgehead atoms. The summed E-state index contributed by atoms with van der Waals surface area (Å²) in [7, 11) is 0. The summed E-state index contributed by atoms with van der Waals surface area (Å²) in [5, 5.41) is 0. The first-order chi connectivity index (χ1) is 7.38. The molecule has 0 radical (unpaired) electrons. The van der Waals surface area contributed by atoms with Crippen LogP contribution in [0.15, 0.2) is 18.2 Å². The molecule has 0 saturated carbocycles. The van der Waals surface area contributed by atoms with Crippen molar-refractivity contribution < 1.29 is 13.9 Å². The van der Waals surface area contributed by atoms with Gasteiger partial charge >= 0.3 is 5.97 Å². The van der Waals surface area contributed by atoms with Crippen molar-refractivity contribution in [2.75, 3.05) is 6.61 Å². The summed E-state index contributed by atoms with van der Waals surface area (Å²) in [6, 6.07) is 4.49. The molecule has 0 atom stereocenters. The first kappa shape index (κ1) is 12.7. The highest BCUT2D eigenvalue weighted by atomic mass is 19.1. The molecule has 2 nitrogen and oxygen atoms in total. The van der Waals surface area contributed by atoms with Gasteiger partial charge in [0.25, 0.3) is 0 Å². The van der Waals surface area contributed by atoms with E-state index in [-0.39, 0.29) is 5.82 Å². The van der Waals surface area contributed by atoms with Crippen molar-refractivity contribution in [3.63, 3.8) is 0 Å². The van der Waals surface area contributed by atoms with Crippen LogP contribution in [0.1, 0.15) is 43.6 Å². The summed E-state index contributed by atoms with van der Waals surface area (Å²) in [6.07, 6.45) is 0. The Kier molecular flexibility index (Phi) is 3.68. The van der Waals surface area contributed by atoms with Crippen molar-refractivity contribution >= 4 is 5.97 Å². The number of ether oxygens (including phenoxy) is 1. The fraction of sp³-hybridized carbons (Fsp3) is 0.462. The Morgan fingerprint density at radius 1 is 1.38 bits per heavy atom. The molecule has 3 heteroatoms. The zero-order chi connectivity index (χ0) is 12.3. The minimum Gasteiger partial charge on any atom is -0.462 e. The molecule has 1 rings (SSSR count). The van der Waals surface area contributed by atoms with Gasteiger partial charge in [-0.25, -0.2) is 9.18 Å². The molecule has 1 aromatic carbocycles. The first-order valence-corrected chi connectivity index (χ1v) is 5.34. The van der Waals surface area contributed by atoms with Crippen molar-refractivity contribution in [2.45, 2.75) is 33.1 Å². The average Bonchev–Trinajstić information content (AvgIpc) is 2.15. The van der Waals surface area contributed by atoms with Crippen LogP contribution >= 0.6 is 0 Å². The Balaban J connectivity index is 3.29. The van der Waals surface area contributed by atoms with E-state index in [9.17, 15) is 9.18 Å². The molecule has 16 heavy (non-hydrogen) atoms. The number of carbonyl (C=O) groups excluding carboxylic acids is 1. The van der Waals surface area contributed by atoms with E-state index < -0.39 is 11.4 Å². The van der Waals surface area contributed by atoms with E-state index in [2.05, 4.69) is 0 Å². The molecule has 0 heterocycles. The standard InChI is InChI=1S/C13H17FO2/c1-5-16-12(15)9-7-6-8-10(14)11(9)13(2,3)4/h6-8H,5H2,1-4H3. The predicted molar refractivity (Wildman–Crippen MR) is 61.1 cm³/mol. The average molecular weight is 224 g/mol. The highest BCUT2D eigenvalue weighted by Gasteiger charge is 2.25. The number of carbonyl (C=O) groups is 1. The van der Waals surface area contributed by atoms with Crippen LogP contribution in [0, 0.1) is 5.82 Å². The lowest BCUT2D eigenvalue weighted by molar-refractivity contribution is 0.0522. The minimum absolute atomic E-state index is 0.291. The van der Waals surface area contributed by atoms with E-state index in [4.69, 9.17) is 4.74 Å². The largest absolute Gasteiger partial charge is 0.462 e. The quantitative estimate of drug-likeness (QED) is 0.720.